The largest absolute Gasteiger partial charge is 0.343 e. The summed E-state index contributed by atoms with van der Waals surface area (Å²) in [5.74, 6) is 0.584. The number of amides is 2. The van der Waals surface area contributed by atoms with Gasteiger partial charge in [-0.25, -0.2) is 0 Å². The molecular weight excluding hydrogens is 368 g/mol. The Morgan fingerprint density at radius 3 is 2.58 bits per heavy atom. The predicted molar refractivity (Wildman–Crippen MR) is 107 cm³/mol. The van der Waals surface area contributed by atoms with Crippen molar-refractivity contribution in [1.82, 2.24) is 10.2 Å². The van der Waals surface area contributed by atoms with Gasteiger partial charge in [0, 0.05) is 34.7 Å². The maximum absolute atomic E-state index is 12.5. The van der Waals surface area contributed by atoms with E-state index in [1.165, 1.54) is 0 Å². The molecule has 1 aliphatic heterocycles. The number of nitrogens with zero attached hydrogens (tertiary/aromatic N) is 1. The van der Waals surface area contributed by atoms with E-state index in [0.29, 0.717) is 23.9 Å². The van der Waals surface area contributed by atoms with Crippen molar-refractivity contribution >= 4 is 35.2 Å². The Morgan fingerprint density at radius 1 is 1.08 bits per heavy atom. The molecule has 0 radical (unpaired) electrons. The Labute approximate surface area is 162 Å². The third-order valence-electron chi connectivity index (χ3n) is 4.38. The minimum atomic E-state index is -0.225. The lowest BCUT2D eigenvalue weighted by Crippen LogP contribution is -2.41. The molecule has 3 rings (SSSR count). The van der Waals surface area contributed by atoms with E-state index in [9.17, 15) is 9.59 Å². The van der Waals surface area contributed by atoms with Gasteiger partial charge in [-0.3, -0.25) is 9.59 Å². The van der Waals surface area contributed by atoms with Crippen molar-refractivity contribution in [2.24, 2.45) is 0 Å². The van der Waals surface area contributed by atoms with Crippen molar-refractivity contribution in [2.45, 2.75) is 11.7 Å². The van der Waals surface area contributed by atoms with Gasteiger partial charge in [-0.2, -0.15) is 11.8 Å². The Balaban J connectivity index is 1.53. The number of benzene rings is 2. The van der Waals surface area contributed by atoms with E-state index in [1.807, 2.05) is 40.9 Å². The molecule has 1 saturated heterocycles. The monoisotopic (exact) mass is 388 g/mol. The fraction of sp³-hybridized carbons (Fsp3) is 0.300. The molecular formula is C20H21ClN2O2S. The van der Waals surface area contributed by atoms with Crippen LogP contribution in [0.2, 0.25) is 5.02 Å². The lowest BCUT2D eigenvalue weighted by molar-refractivity contribution is -0.129. The second-order valence-corrected chi connectivity index (χ2v) is 7.82. The maximum atomic E-state index is 12.5. The number of hydrogen-bond acceptors (Lipinski definition) is 3. The smallest absolute Gasteiger partial charge is 0.251 e. The van der Waals surface area contributed by atoms with Crippen molar-refractivity contribution in [3.05, 3.63) is 70.7 Å². The van der Waals surface area contributed by atoms with Gasteiger partial charge in [-0.15, -0.1) is 0 Å². The van der Waals surface area contributed by atoms with E-state index >= 15 is 0 Å². The average molecular weight is 389 g/mol. The summed E-state index contributed by atoms with van der Waals surface area (Å²) in [5.41, 5.74) is 1.69. The van der Waals surface area contributed by atoms with Crippen molar-refractivity contribution in [2.75, 3.05) is 25.4 Å². The van der Waals surface area contributed by atoms with Crippen molar-refractivity contribution < 1.29 is 9.59 Å². The van der Waals surface area contributed by atoms with E-state index in [4.69, 9.17) is 11.6 Å². The van der Waals surface area contributed by atoms with Crippen LogP contribution in [0.3, 0.4) is 0 Å². The van der Waals surface area contributed by atoms with E-state index in [1.54, 1.807) is 24.3 Å². The molecule has 0 aromatic heterocycles. The van der Waals surface area contributed by atoms with Gasteiger partial charge in [0.2, 0.25) is 5.91 Å². The molecule has 0 saturated carbocycles. The molecule has 2 aromatic rings. The Kier molecular flexibility index (Phi) is 6.58. The summed E-state index contributed by atoms with van der Waals surface area (Å²) in [5, 5.41) is 3.78. The van der Waals surface area contributed by atoms with Gasteiger partial charge in [0.05, 0.1) is 6.54 Å². The Hall–Kier alpha value is -1.98. The number of thioether (sulfide) groups is 1. The highest BCUT2D eigenvalue weighted by Gasteiger charge is 2.23. The first kappa shape index (κ1) is 18.8. The average Bonchev–Trinajstić information content (AvgIpc) is 2.93. The maximum Gasteiger partial charge on any atom is 0.251 e. The third-order valence-corrected chi connectivity index (χ3v) is 6.04. The molecule has 0 bridgehead atoms. The number of nitrogens with one attached hydrogen (secondary N) is 1. The van der Waals surface area contributed by atoms with Crippen LogP contribution >= 0.6 is 23.4 Å². The fourth-order valence-electron chi connectivity index (χ4n) is 2.96. The highest BCUT2D eigenvalue weighted by molar-refractivity contribution is 7.99. The predicted octanol–water partition coefficient (Wildman–Crippen LogP) is 3.78. The minimum Gasteiger partial charge on any atom is -0.343 e. The molecule has 1 heterocycles. The molecule has 1 atom stereocenters. The number of rotatable bonds is 4. The summed E-state index contributed by atoms with van der Waals surface area (Å²) < 4.78 is 0. The molecule has 136 valence electrons. The minimum absolute atomic E-state index is 0.0230. The molecule has 1 unspecified atom stereocenters. The summed E-state index contributed by atoms with van der Waals surface area (Å²) in [6.45, 7) is 1.38. The van der Waals surface area contributed by atoms with Gasteiger partial charge in [0.25, 0.3) is 5.91 Å². The zero-order valence-electron chi connectivity index (χ0n) is 14.4. The van der Waals surface area contributed by atoms with Gasteiger partial charge in [0.15, 0.2) is 0 Å². The van der Waals surface area contributed by atoms with E-state index in [-0.39, 0.29) is 18.4 Å². The zero-order valence-corrected chi connectivity index (χ0v) is 15.9. The number of hydrogen-bond donors (Lipinski definition) is 1. The van der Waals surface area contributed by atoms with Gasteiger partial charge in [-0.1, -0.05) is 48.0 Å². The standard InChI is InChI=1S/C20H21ClN2O2S/c21-17-9-5-4-8-16(17)18-10-11-23(12-13-26-18)19(24)14-22-20(25)15-6-2-1-3-7-15/h1-9,18H,10-14H2,(H,22,25). The van der Waals surface area contributed by atoms with Crippen LogP contribution in [0.4, 0.5) is 0 Å². The molecule has 26 heavy (non-hydrogen) atoms. The summed E-state index contributed by atoms with van der Waals surface area (Å²) in [6, 6.07) is 16.8. The van der Waals surface area contributed by atoms with Crippen LogP contribution < -0.4 is 5.32 Å². The highest BCUT2D eigenvalue weighted by Crippen LogP contribution is 2.37. The first-order valence-electron chi connectivity index (χ1n) is 8.62. The Morgan fingerprint density at radius 2 is 1.81 bits per heavy atom. The highest BCUT2D eigenvalue weighted by atomic mass is 35.5. The summed E-state index contributed by atoms with van der Waals surface area (Å²) in [4.78, 5) is 26.4. The SMILES string of the molecule is O=C(NCC(=O)N1CCSC(c2ccccc2Cl)CC1)c1ccccc1. The lowest BCUT2D eigenvalue weighted by atomic mass is 10.1. The summed E-state index contributed by atoms with van der Waals surface area (Å²) in [7, 11) is 0. The molecule has 0 aliphatic carbocycles. The lowest BCUT2D eigenvalue weighted by Gasteiger charge is -2.20. The number of halogens is 1. The van der Waals surface area contributed by atoms with Gasteiger partial charge in [0.1, 0.15) is 0 Å². The van der Waals surface area contributed by atoms with Gasteiger partial charge < -0.3 is 10.2 Å². The van der Waals surface area contributed by atoms with Crippen LogP contribution in [0.5, 0.6) is 0 Å². The Bertz CT molecular complexity index is 769. The normalized spacial score (nSPS) is 17.4. The topological polar surface area (TPSA) is 49.4 Å². The quantitative estimate of drug-likeness (QED) is 0.867. The van der Waals surface area contributed by atoms with Crippen LogP contribution in [0.15, 0.2) is 54.6 Å². The molecule has 2 aromatic carbocycles. The van der Waals surface area contributed by atoms with E-state index in [0.717, 1.165) is 22.8 Å². The van der Waals surface area contributed by atoms with Gasteiger partial charge in [-0.05, 0) is 30.2 Å². The fourth-order valence-corrected chi connectivity index (χ4v) is 4.56. The summed E-state index contributed by atoms with van der Waals surface area (Å²) in [6.07, 6.45) is 0.854. The second kappa shape index (κ2) is 9.10. The first-order valence-corrected chi connectivity index (χ1v) is 10.0. The molecule has 1 fully saturated rings. The molecule has 1 N–H and O–H groups in total. The van der Waals surface area contributed by atoms with Crippen LogP contribution in [0.1, 0.15) is 27.6 Å². The second-order valence-electron chi connectivity index (χ2n) is 6.10. The third kappa shape index (κ3) is 4.80. The van der Waals surface area contributed by atoms with Crippen molar-refractivity contribution in [3.63, 3.8) is 0 Å². The molecule has 0 spiro atoms. The molecule has 6 heteroatoms. The van der Waals surface area contributed by atoms with Gasteiger partial charge >= 0.3 is 0 Å². The summed E-state index contributed by atoms with van der Waals surface area (Å²) >= 11 is 8.14. The van der Waals surface area contributed by atoms with Crippen molar-refractivity contribution in [1.29, 1.82) is 0 Å². The van der Waals surface area contributed by atoms with Crippen LogP contribution in [-0.2, 0) is 4.79 Å². The number of carbonyl (C=O) groups is 2. The van der Waals surface area contributed by atoms with Crippen LogP contribution in [0.25, 0.3) is 0 Å². The molecule has 4 nitrogen and oxygen atoms in total. The zero-order chi connectivity index (χ0) is 18.4. The van der Waals surface area contributed by atoms with Crippen molar-refractivity contribution in [3.8, 4) is 0 Å². The number of carbonyl (C=O) groups excluding carboxylic acids is 2. The van der Waals surface area contributed by atoms with Crippen LogP contribution in [-0.4, -0.2) is 42.1 Å². The molecule has 1 aliphatic rings. The first-order chi connectivity index (χ1) is 12.6. The molecule has 2 amide bonds. The van der Waals surface area contributed by atoms with E-state index < -0.39 is 0 Å². The van der Waals surface area contributed by atoms with Crippen LogP contribution in [0, 0.1) is 0 Å². The van der Waals surface area contributed by atoms with E-state index in [2.05, 4.69) is 11.4 Å².